The van der Waals surface area contributed by atoms with Gasteiger partial charge in [-0.1, -0.05) is 29.8 Å². The lowest BCUT2D eigenvalue weighted by Crippen LogP contribution is -2.19. The summed E-state index contributed by atoms with van der Waals surface area (Å²) in [7, 11) is 0. The Hall–Kier alpha value is -3.48. The SMILES string of the molecule is Cc1ccc(Cn2cc(NC(=O)Cn3nc(C)c4c(C5CC5)ccnc43)cn2)cc1. The van der Waals surface area contributed by atoms with E-state index < -0.39 is 0 Å². The van der Waals surface area contributed by atoms with Gasteiger partial charge in [-0.25, -0.2) is 9.67 Å². The highest BCUT2D eigenvalue weighted by atomic mass is 16.2. The van der Waals surface area contributed by atoms with Gasteiger partial charge in [-0.3, -0.25) is 9.48 Å². The molecule has 30 heavy (non-hydrogen) atoms. The molecule has 1 N–H and O–H groups in total. The van der Waals surface area contributed by atoms with Crippen LogP contribution in [0.3, 0.4) is 0 Å². The van der Waals surface area contributed by atoms with E-state index >= 15 is 0 Å². The predicted molar refractivity (Wildman–Crippen MR) is 115 cm³/mol. The maximum absolute atomic E-state index is 12.6. The number of fused-ring (bicyclic) bond motifs is 1. The molecule has 7 nitrogen and oxygen atoms in total. The topological polar surface area (TPSA) is 77.6 Å². The Kier molecular flexibility index (Phi) is 4.58. The van der Waals surface area contributed by atoms with Crippen LogP contribution in [0.1, 0.15) is 41.1 Å². The van der Waals surface area contributed by atoms with E-state index in [1.165, 1.54) is 24.0 Å². The molecule has 7 heteroatoms. The van der Waals surface area contributed by atoms with Crippen molar-refractivity contribution in [2.24, 2.45) is 0 Å². The highest BCUT2D eigenvalue weighted by Gasteiger charge is 2.27. The number of carbonyl (C=O) groups is 1. The lowest BCUT2D eigenvalue weighted by atomic mass is 10.1. The van der Waals surface area contributed by atoms with Gasteiger partial charge < -0.3 is 5.32 Å². The molecule has 0 aliphatic heterocycles. The maximum Gasteiger partial charge on any atom is 0.246 e. The van der Waals surface area contributed by atoms with Crippen molar-refractivity contribution in [1.82, 2.24) is 24.5 Å². The number of aryl methyl sites for hydroxylation is 2. The van der Waals surface area contributed by atoms with E-state index in [2.05, 4.69) is 57.8 Å². The number of rotatable bonds is 6. The first kappa shape index (κ1) is 18.5. The molecule has 0 unspecified atom stereocenters. The average Bonchev–Trinajstić information content (AvgIpc) is 3.42. The molecule has 1 aromatic carbocycles. The first-order valence-electron chi connectivity index (χ1n) is 10.3. The molecule has 0 saturated heterocycles. The van der Waals surface area contributed by atoms with Crippen LogP contribution in [0.2, 0.25) is 0 Å². The Morgan fingerprint density at radius 3 is 2.73 bits per heavy atom. The number of hydrogen-bond donors (Lipinski definition) is 1. The van der Waals surface area contributed by atoms with Gasteiger partial charge in [-0.05, 0) is 49.8 Å². The van der Waals surface area contributed by atoms with Crippen LogP contribution in [0, 0.1) is 13.8 Å². The third kappa shape index (κ3) is 3.70. The molecule has 0 bridgehead atoms. The normalized spacial score (nSPS) is 13.7. The van der Waals surface area contributed by atoms with Crippen molar-refractivity contribution in [2.45, 2.75) is 45.7 Å². The summed E-state index contributed by atoms with van der Waals surface area (Å²) in [5.74, 6) is 0.466. The second-order valence-electron chi connectivity index (χ2n) is 8.08. The van der Waals surface area contributed by atoms with E-state index in [0.29, 0.717) is 18.2 Å². The van der Waals surface area contributed by atoms with Gasteiger partial charge in [0.05, 0.1) is 24.1 Å². The number of nitrogens with zero attached hydrogens (tertiary/aromatic N) is 5. The zero-order valence-electron chi connectivity index (χ0n) is 17.2. The smallest absolute Gasteiger partial charge is 0.246 e. The molecule has 1 saturated carbocycles. The van der Waals surface area contributed by atoms with E-state index in [4.69, 9.17) is 0 Å². The summed E-state index contributed by atoms with van der Waals surface area (Å²) in [5.41, 5.74) is 6.08. The zero-order valence-corrected chi connectivity index (χ0v) is 17.2. The van der Waals surface area contributed by atoms with Crippen LogP contribution in [-0.4, -0.2) is 30.5 Å². The fraction of sp³-hybridized carbons (Fsp3) is 0.304. The number of aromatic nitrogens is 5. The Bertz CT molecular complexity index is 1220. The average molecular weight is 400 g/mol. The van der Waals surface area contributed by atoms with Gasteiger partial charge in [-0.15, -0.1) is 0 Å². The summed E-state index contributed by atoms with van der Waals surface area (Å²) in [5, 5.41) is 13.0. The van der Waals surface area contributed by atoms with Crippen LogP contribution >= 0.6 is 0 Å². The van der Waals surface area contributed by atoms with E-state index in [9.17, 15) is 4.79 Å². The summed E-state index contributed by atoms with van der Waals surface area (Å²) < 4.78 is 3.51. The van der Waals surface area contributed by atoms with E-state index in [-0.39, 0.29) is 12.5 Å². The van der Waals surface area contributed by atoms with Gasteiger partial charge in [0, 0.05) is 17.8 Å². The van der Waals surface area contributed by atoms with Crippen LogP contribution < -0.4 is 5.32 Å². The Balaban J connectivity index is 1.28. The van der Waals surface area contributed by atoms with Crippen molar-refractivity contribution in [3.05, 3.63) is 71.3 Å². The summed E-state index contributed by atoms with van der Waals surface area (Å²) in [4.78, 5) is 17.1. The molecule has 0 atom stereocenters. The minimum Gasteiger partial charge on any atom is -0.322 e. The predicted octanol–water partition coefficient (Wildman–Crippen LogP) is 3.81. The Labute approximate surface area is 174 Å². The molecule has 1 aliphatic rings. The molecule has 0 radical (unpaired) electrons. The summed E-state index contributed by atoms with van der Waals surface area (Å²) in [6.07, 6.45) is 7.77. The highest BCUT2D eigenvalue weighted by Crippen LogP contribution is 2.43. The lowest BCUT2D eigenvalue weighted by Gasteiger charge is -2.05. The van der Waals surface area contributed by atoms with Gasteiger partial charge >= 0.3 is 0 Å². The standard InChI is InChI=1S/C23H24N6O/c1-15-3-5-17(6-4-15)12-28-13-19(11-25-28)26-21(30)14-29-23-22(16(2)27-29)20(9-10-24-23)18-7-8-18/h3-6,9-11,13,18H,7-8,12,14H2,1-2H3,(H,26,30). The van der Waals surface area contributed by atoms with Crippen LogP contribution in [0.15, 0.2) is 48.9 Å². The van der Waals surface area contributed by atoms with Crippen molar-refractivity contribution in [1.29, 1.82) is 0 Å². The second-order valence-corrected chi connectivity index (χ2v) is 8.08. The van der Waals surface area contributed by atoms with Gasteiger partial charge in [-0.2, -0.15) is 10.2 Å². The zero-order chi connectivity index (χ0) is 20.7. The summed E-state index contributed by atoms with van der Waals surface area (Å²) in [6, 6.07) is 10.4. The number of anilines is 1. The van der Waals surface area contributed by atoms with Gasteiger partial charge in [0.2, 0.25) is 5.91 Å². The largest absolute Gasteiger partial charge is 0.322 e. The van der Waals surface area contributed by atoms with E-state index in [1.807, 2.05) is 24.0 Å². The fourth-order valence-electron chi connectivity index (χ4n) is 3.89. The number of hydrogen-bond acceptors (Lipinski definition) is 4. The van der Waals surface area contributed by atoms with Crippen molar-refractivity contribution in [3.63, 3.8) is 0 Å². The number of benzene rings is 1. The van der Waals surface area contributed by atoms with E-state index in [1.54, 1.807) is 10.9 Å². The Morgan fingerprint density at radius 1 is 1.17 bits per heavy atom. The molecule has 152 valence electrons. The molecule has 1 amide bonds. The third-order valence-electron chi connectivity index (χ3n) is 5.53. The second kappa shape index (κ2) is 7.40. The van der Waals surface area contributed by atoms with Gasteiger partial charge in [0.25, 0.3) is 0 Å². The van der Waals surface area contributed by atoms with Crippen LogP contribution in [0.25, 0.3) is 11.0 Å². The molecule has 1 aliphatic carbocycles. The minimum atomic E-state index is -0.145. The van der Waals surface area contributed by atoms with E-state index in [0.717, 1.165) is 22.3 Å². The Morgan fingerprint density at radius 2 is 1.97 bits per heavy atom. The molecular weight excluding hydrogens is 376 g/mol. The van der Waals surface area contributed by atoms with Gasteiger partial charge in [0.1, 0.15) is 6.54 Å². The minimum absolute atomic E-state index is 0.120. The van der Waals surface area contributed by atoms with Crippen molar-refractivity contribution < 1.29 is 4.79 Å². The number of nitrogens with one attached hydrogen (secondary N) is 1. The molecule has 1 fully saturated rings. The van der Waals surface area contributed by atoms with Crippen LogP contribution in [-0.2, 0) is 17.9 Å². The van der Waals surface area contributed by atoms with Crippen molar-refractivity contribution >= 4 is 22.6 Å². The molecule has 0 spiro atoms. The maximum atomic E-state index is 12.6. The molecule has 3 aromatic heterocycles. The quantitative estimate of drug-likeness (QED) is 0.534. The molecule has 4 aromatic rings. The van der Waals surface area contributed by atoms with Crippen molar-refractivity contribution in [2.75, 3.05) is 5.32 Å². The van der Waals surface area contributed by atoms with Crippen molar-refractivity contribution in [3.8, 4) is 0 Å². The monoisotopic (exact) mass is 400 g/mol. The number of amides is 1. The third-order valence-corrected chi connectivity index (χ3v) is 5.53. The molecular formula is C23H24N6O. The van der Waals surface area contributed by atoms with Crippen LogP contribution in [0.4, 0.5) is 5.69 Å². The fourth-order valence-corrected chi connectivity index (χ4v) is 3.89. The first-order valence-corrected chi connectivity index (χ1v) is 10.3. The lowest BCUT2D eigenvalue weighted by molar-refractivity contribution is -0.116. The van der Waals surface area contributed by atoms with Crippen LogP contribution in [0.5, 0.6) is 0 Å². The number of pyridine rings is 1. The summed E-state index contributed by atoms with van der Waals surface area (Å²) in [6.45, 7) is 4.83. The number of carbonyl (C=O) groups excluding carboxylic acids is 1. The summed E-state index contributed by atoms with van der Waals surface area (Å²) >= 11 is 0. The molecule has 5 rings (SSSR count). The van der Waals surface area contributed by atoms with Gasteiger partial charge in [0.15, 0.2) is 5.65 Å². The molecule has 3 heterocycles. The first-order chi connectivity index (χ1) is 14.6. The highest BCUT2D eigenvalue weighted by molar-refractivity contribution is 5.91.